The molecule has 0 radical (unpaired) electrons. The molecule has 0 aliphatic carbocycles. The first-order chi connectivity index (χ1) is 15.6. The van der Waals surface area contributed by atoms with Crippen molar-refractivity contribution in [2.75, 3.05) is 6.61 Å². The molecule has 0 saturated carbocycles. The van der Waals surface area contributed by atoms with Crippen LogP contribution in [0.2, 0.25) is 18.1 Å². The predicted octanol–water partition coefficient (Wildman–Crippen LogP) is 6.81. The average molecular weight is 471 g/mol. The molecule has 182 valence electrons. The van der Waals surface area contributed by atoms with E-state index in [0.717, 1.165) is 5.56 Å². The molecule has 0 aromatic heterocycles. The summed E-state index contributed by atoms with van der Waals surface area (Å²) in [5, 5.41) is 0.157. The van der Waals surface area contributed by atoms with Gasteiger partial charge in [-0.2, -0.15) is 0 Å². The van der Waals surface area contributed by atoms with Gasteiger partial charge in [0, 0.05) is 11.8 Å². The molecular weight excluding hydrogens is 428 g/mol. The van der Waals surface area contributed by atoms with E-state index in [4.69, 9.17) is 18.6 Å². The van der Waals surface area contributed by atoms with Gasteiger partial charge in [0.05, 0.1) is 32.0 Å². The zero-order valence-corrected chi connectivity index (χ0v) is 22.4. The Morgan fingerprint density at radius 3 is 1.82 bits per heavy atom. The Morgan fingerprint density at radius 1 is 0.788 bits per heavy atom. The van der Waals surface area contributed by atoms with Gasteiger partial charge in [-0.05, 0) is 29.3 Å². The van der Waals surface area contributed by atoms with Gasteiger partial charge in [0.25, 0.3) is 0 Å². The maximum absolute atomic E-state index is 6.56. The van der Waals surface area contributed by atoms with Crippen molar-refractivity contribution in [1.29, 1.82) is 0 Å². The number of benzene rings is 2. The lowest BCUT2D eigenvalue weighted by molar-refractivity contribution is -0.278. The van der Waals surface area contributed by atoms with Crippen LogP contribution in [0.4, 0.5) is 0 Å². The Hall–Kier alpha value is -1.50. The van der Waals surface area contributed by atoms with E-state index in [0.29, 0.717) is 19.8 Å². The van der Waals surface area contributed by atoms with E-state index in [1.807, 2.05) is 24.3 Å². The van der Waals surface area contributed by atoms with Gasteiger partial charge < -0.3 is 18.6 Å². The van der Waals surface area contributed by atoms with E-state index in [1.54, 1.807) is 0 Å². The number of rotatable bonds is 9. The molecule has 4 nitrogen and oxygen atoms in total. The Bertz CT molecular complexity index is 834. The van der Waals surface area contributed by atoms with Crippen LogP contribution in [-0.2, 0) is 31.9 Å². The van der Waals surface area contributed by atoms with Gasteiger partial charge in [-0.3, -0.25) is 0 Å². The highest BCUT2D eigenvalue weighted by Gasteiger charge is 2.45. The minimum atomic E-state index is -1.88. The molecule has 2 unspecified atom stereocenters. The first-order valence-corrected chi connectivity index (χ1v) is 15.1. The van der Waals surface area contributed by atoms with E-state index >= 15 is 0 Å². The van der Waals surface area contributed by atoms with Crippen LogP contribution in [0.3, 0.4) is 0 Å². The van der Waals surface area contributed by atoms with Crippen LogP contribution in [0, 0.1) is 11.8 Å². The smallest absolute Gasteiger partial charge is 0.192 e. The standard InChI is InChI=1S/C28H42O4Si/c1-21-25(20-31-33(6,7)28(3,4)5)32-27(30-19-24-16-12-9-13-17-24)22(2)26(21)29-18-23-14-10-8-11-15-23/h8-17,21-22,25-27H,18-20H2,1-7H3/t21-,22?,25?,26-,27+/m1/s1. The molecule has 1 heterocycles. The second-order valence-electron chi connectivity index (χ2n) is 10.9. The third kappa shape index (κ3) is 7.00. The summed E-state index contributed by atoms with van der Waals surface area (Å²) in [6.45, 7) is 17.4. The molecule has 0 N–H and O–H groups in total. The largest absolute Gasteiger partial charge is 0.414 e. The molecule has 2 aromatic carbocycles. The van der Waals surface area contributed by atoms with E-state index in [9.17, 15) is 0 Å². The molecule has 33 heavy (non-hydrogen) atoms. The highest BCUT2D eigenvalue weighted by Crippen LogP contribution is 2.39. The summed E-state index contributed by atoms with van der Waals surface area (Å²) in [5.74, 6) is 0.307. The molecular formula is C28H42O4Si. The maximum atomic E-state index is 6.56. The van der Waals surface area contributed by atoms with Crippen molar-refractivity contribution >= 4 is 8.32 Å². The number of hydrogen-bond acceptors (Lipinski definition) is 4. The summed E-state index contributed by atoms with van der Waals surface area (Å²) in [5.41, 5.74) is 2.32. The van der Waals surface area contributed by atoms with Crippen LogP contribution >= 0.6 is 0 Å². The quantitative estimate of drug-likeness (QED) is 0.377. The van der Waals surface area contributed by atoms with Crippen molar-refractivity contribution in [2.45, 2.75) is 84.5 Å². The molecule has 0 amide bonds. The summed E-state index contributed by atoms with van der Waals surface area (Å²) in [7, 11) is -1.88. The summed E-state index contributed by atoms with van der Waals surface area (Å²) < 4.78 is 25.9. The van der Waals surface area contributed by atoms with E-state index in [1.165, 1.54) is 5.56 Å². The zero-order valence-electron chi connectivity index (χ0n) is 21.4. The average Bonchev–Trinajstić information content (AvgIpc) is 2.78. The topological polar surface area (TPSA) is 36.9 Å². The second-order valence-corrected chi connectivity index (χ2v) is 15.7. The molecule has 3 rings (SSSR count). The van der Waals surface area contributed by atoms with E-state index in [2.05, 4.69) is 84.1 Å². The molecule has 0 spiro atoms. The third-order valence-corrected chi connectivity index (χ3v) is 11.8. The lowest BCUT2D eigenvalue weighted by Crippen LogP contribution is -2.54. The van der Waals surface area contributed by atoms with Crippen molar-refractivity contribution in [2.24, 2.45) is 11.8 Å². The fourth-order valence-corrected chi connectivity index (χ4v) is 4.99. The van der Waals surface area contributed by atoms with Gasteiger partial charge in [-0.15, -0.1) is 0 Å². The summed E-state index contributed by atoms with van der Waals surface area (Å²) >= 11 is 0. The predicted molar refractivity (Wildman–Crippen MR) is 136 cm³/mol. The first kappa shape index (κ1) is 26.1. The minimum Gasteiger partial charge on any atom is -0.414 e. The van der Waals surface area contributed by atoms with Gasteiger partial charge in [-0.25, -0.2) is 0 Å². The van der Waals surface area contributed by atoms with E-state index < -0.39 is 8.32 Å². The fraction of sp³-hybridized carbons (Fsp3) is 0.571. The number of ether oxygens (including phenoxy) is 3. The van der Waals surface area contributed by atoms with Gasteiger partial charge in [0.15, 0.2) is 14.6 Å². The zero-order chi connectivity index (χ0) is 24.1. The normalized spacial score (nSPS) is 26.3. The molecule has 2 aromatic rings. The minimum absolute atomic E-state index is 0.0211. The van der Waals surface area contributed by atoms with Crippen LogP contribution < -0.4 is 0 Å². The van der Waals surface area contributed by atoms with Gasteiger partial charge >= 0.3 is 0 Å². The molecule has 1 aliphatic heterocycles. The maximum Gasteiger partial charge on any atom is 0.192 e. The Kier molecular flexibility index (Phi) is 8.93. The van der Waals surface area contributed by atoms with Gasteiger partial charge in [0.2, 0.25) is 0 Å². The third-order valence-electron chi connectivity index (χ3n) is 7.32. The van der Waals surface area contributed by atoms with Gasteiger partial charge in [0.1, 0.15) is 0 Å². The Balaban J connectivity index is 1.72. The summed E-state index contributed by atoms with van der Waals surface area (Å²) in [4.78, 5) is 0. The first-order valence-electron chi connectivity index (χ1n) is 12.2. The van der Waals surface area contributed by atoms with Crippen molar-refractivity contribution in [3.8, 4) is 0 Å². The molecule has 0 bridgehead atoms. The Morgan fingerprint density at radius 2 is 1.30 bits per heavy atom. The Labute approximate surface area is 201 Å². The van der Waals surface area contributed by atoms with E-state index in [-0.39, 0.29) is 35.4 Å². The number of hydrogen-bond donors (Lipinski definition) is 0. The van der Waals surface area contributed by atoms with Crippen molar-refractivity contribution in [3.05, 3.63) is 71.8 Å². The second kappa shape index (κ2) is 11.3. The van der Waals surface area contributed by atoms with Crippen LogP contribution in [-0.4, -0.2) is 33.4 Å². The molecule has 1 fully saturated rings. The molecule has 5 heteroatoms. The van der Waals surface area contributed by atoms with Gasteiger partial charge in [-0.1, -0.05) is 95.3 Å². The van der Waals surface area contributed by atoms with Crippen LogP contribution in [0.25, 0.3) is 0 Å². The van der Waals surface area contributed by atoms with Crippen molar-refractivity contribution < 1.29 is 18.6 Å². The van der Waals surface area contributed by atoms with Crippen molar-refractivity contribution in [3.63, 3.8) is 0 Å². The highest BCUT2D eigenvalue weighted by atomic mass is 28.4. The molecule has 1 saturated heterocycles. The van der Waals surface area contributed by atoms with Crippen LogP contribution in [0.1, 0.15) is 45.7 Å². The summed E-state index contributed by atoms with van der Waals surface area (Å²) in [6.07, 6.45) is -0.389. The fourth-order valence-electron chi connectivity index (χ4n) is 3.98. The molecule has 5 atom stereocenters. The lowest BCUT2D eigenvalue weighted by Gasteiger charge is -2.46. The van der Waals surface area contributed by atoms with Crippen LogP contribution in [0.15, 0.2) is 60.7 Å². The molecule has 1 aliphatic rings. The van der Waals surface area contributed by atoms with Crippen molar-refractivity contribution in [1.82, 2.24) is 0 Å². The SMILES string of the molecule is CC1[C@@H](OCc2ccccc2)OC(CO[Si](C)(C)C(C)(C)C)[C@@H](C)[C@H]1OCc1ccccc1. The highest BCUT2D eigenvalue weighted by molar-refractivity contribution is 6.74. The van der Waals surface area contributed by atoms with Crippen LogP contribution in [0.5, 0.6) is 0 Å². The monoisotopic (exact) mass is 470 g/mol. The summed E-state index contributed by atoms with van der Waals surface area (Å²) in [6, 6.07) is 20.6. The lowest BCUT2D eigenvalue weighted by atomic mass is 9.85.